The molecule has 2 unspecified atom stereocenters. The molecule has 2 atom stereocenters. The van der Waals surface area contributed by atoms with Crippen LogP contribution in [0.25, 0.3) is 0 Å². The van der Waals surface area contributed by atoms with Gasteiger partial charge in [-0.15, -0.1) is 0 Å². The van der Waals surface area contributed by atoms with Crippen molar-refractivity contribution in [2.24, 2.45) is 0 Å². The van der Waals surface area contributed by atoms with Gasteiger partial charge in [-0.3, -0.25) is 19.2 Å². The number of benzene rings is 2. The first-order chi connectivity index (χ1) is 18.7. The molecule has 1 saturated heterocycles. The second kappa shape index (κ2) is 13.8. The van der Waals surface area contributed by atoms with Crippen LogP contribution in [0.4, 0.5) is 4.79 Å². The van der Waals surface area contributed by atoms with E-state index in [0.29, 0.717) is 11.3 Å². The highest BCUT2D eigenvalue weighted by atomic mass is 16.5. The first kappa shape index (κ1) is 29.0. The molecular formula is C27H31N3O9. The van der Waals surface area contributed by atoms with Crippen molar-refractivity contribution in [2.75, 3.05) is 33.9 Å². The number of rotatable bonds is 11. The summed E-state index contributed by atoms with van der Waals surface area (Å²) in [5.74, 6) is -2.68. The summed E-state index contributed by atoms with van der Waals surface area (Å²) in [4.78, 5) is 65.2. The van der Waals surface area contributed by atoms with Gasteiger partial charge in [0.1, 0.15) is 31.0 Å². The third-order valence-electron chi connectivity index (χ3n) is 6.18. The molecule has 0 saturated carbocycles. The topological polar surface area (TPSA) is 152 Å². The summed E-state index contributed by atoms with van der Waals surface area (Å²) in [5, 5.41) is 11.7. The third-order valence-corrected chi connectivity index (χ3v) is 6.18. The van der Waals surface area contributed by atoms with Crippen molar-refractivity contribution in [3.63, 3.8) is 0 Å². The summed E-state index contributed by atoms with van der Waals surface area (Å²) in [6.45, 7) is -0.688. The Labute approximate surface area is 225 Å². The number of amides is 3. The fraction of sp³-hybridized carbons (Fsp3) is 0.370. The molecule has 0 bridgehead atoms. The molecule has 1 heterocycles. The van der Waals surface area contributed by atoms with Gasteiger partial charge in [0.25, 0.3) is 0 Å². The highest BCUT2D eigenvalue weighted by Crippen LogP contribution is 2.19. The quantitative estimate of drug-likeness (QED) is 0.400. The number of esters is 1. The molecule has 0 aliphatic carbocycles. The van der Waals surface area contributed by atoms with Gasteiger partial charge in [-0.25, -0.2) is 4.79 Å². The zero-order chi connectivity index (χ0) is 28.4. The SMILES string of the molecule is COC(=O)CC1C(=O)N(CC(=O)O)CCN1C(=O)C(Cc1ccc(OC)cc1)NC(=O)OCc1ccccc1. The lowest BCUT2D eigenvalue weighted by Gasteiger charge is -2.41. The van der Waals surface area contributed by atoms with E-state index in [2.05, 4.69) is 5.32 Å². The highest BCUT2D eigenvalue weighted by molar-refractivity contribution is 5.95. The molecule has 0 aromatic heterocycles. The lowest BCUT2D eigenvalue weighted by molar-refractivity contribution is -0.159. The van der Waals surface area contributed by atoms with E-state index in [-0.39, 0.29) is 26.1 Å². The Morgan fingerprint density at radius 3 is 2.31 bits per heavy atom. The van der Waals surface area contributed by atoms with Gasteiger partial charge in [0, 0.05) is 19.5 Å². The van der Waals surface area contributed by atoms with Gasteiger partial charge in [-0.2, -0.15) is 0 Å². The fourth-order valence-corrected chi connectivity index (χ4v) is 4.17. The predicted octanol–water partition coefficient (Wildman–Crippen LogP) is 1.22. The van der Waals surface area contributed by atoms with Crippen LogP contribution in [0.5, 0.6) is 5.75 Å². The molecule has 3 amide bonds. The Hall–Kier alpha value is -4.61. The Morgan fingerprint density at radius 2 is 1.69 bits per heavy atom. The lowest BCUT2D eigenvalue weighted by Crippen LogP contribution is -2.63. The molecule has 1 aliphatic heterocycles. The summed E-state index contributed by atoms with van der Waals surface area (Å²) >= 11 is 0. The molecule has 3 rings (SSSR count). The average Bonchev–Trinajstić information content (AvgIpc) is 2.94. The van der Waals surface area contributed by atoms with Crippen molar-refractivity contribution in [3.05, 3.63) is 65.7 Å². The van der Waals surface area contributed by atoms with E-state index >= 15 is 0 Å². The number of hydrogen-bond acceptors (Lipinski definition) is 8. The van der Waals surface area contributed by atoms with Crippen molar-refractivity contribution < 1.29 is 43.3 Å². The number of carboxylic acids is 1. The molecule has 2 N–H and O–H groups in total. The molecule has 208 valence electrons. The number of piperazine rings is 1. The van der Waals surface area contributed by atoms with Crippen molar-refractivity contribution in [3.8, 4) is 5.75 Å². The standard InChI is InChI=1S/C27H31N3O9/c1-37-20-10-8-18(9-11-20)14-21(28-27(36)39-17-19-6-4-3-5-7-19)25(34)30-13-12-29(16-23(31)32)26(35)22(30)15-24(33)38-2/h3-11,21-22H,12-17H2,1-2H3,(H,28,36)(H,31,32). The normalized spacial score (nSPS) is 15.7. The van der Waals surface area contributed by atoms with Gasteiger partial charge in [-0.05, 0) is 23.3 Å². The predicted molar refractivity (Wildman–Crippen MR) is 137 cm³/mol. The van der Waals surface area contributed by atoms with Gasteiger partial charge in [-0.1, -0.05) is 42.5 Å². The van der Waals surface area contributed by atoms with Gasteiger partial charge in [0.2, 0.25) is 11.8 Å². The smallest absolute Gasteiger partial charge is 0.408 e. The number of carbonyl (C=O) groups excluding carboxylic acids is 4. The number of carboxylic acid groups (broad SMARTS) is 1. The van der Waals surface area contributed by atoms with Crippen molar-refractivity contribution in [2.45, 2.75) is 31.5 Å². The zero-order valence-corrected chi connectivity index (χ0v) is 21.7. The second-order valence-corrected chi connectivity index (χ2v) is 8.79. The molecule has 12 heteroatoms. The summed E-state index contributed by atoms with van der Waals surface area (Å²) < 4.78 is 15.2. The molecule has 2 aromatic rings. The van der Waals surface area contributed by atoms with Crippen LogP contribution in [0, 0.1) is 0 Å². The third kappa shape index (κ3) is 8.19. The minimum atomic E-state index is -1.29. The van der Waals surface area contributed by atoms with Crippen LogP contribution in [0.1, 0.15) is 17.5 Å². The minimum Gasteiger partial charge on any atom is -0.497 e. The number of nitrogens with one attached hydrogen (secondary N) is 1. The van der Waals surface area contributed by atoms with Crippen LogP contribution in [0.2, 0.25) is 0 Å². The lowest BCUT2D eigenvalue weighted by atomic mass is 10.0. The number of hydrogen-bond donors (Lipinski definition) is 2. The van der Waals surface area contributed by atoms with E-state index < -0.39 is 54.9 Å². The maximum atomic E-state index is 13.8. The van der Waals surface area contributed by atoms with E-state index in [1.165, 1.54) is 12.0 Å². The number of nitrogens with zero attached hydrogens (tertiary/aromatic N) is 2. The average molecular weight is 542 g/mol. The number of methoxy groups -OCH3 is 2. The van der Waals surface area contributed by atoms with E-state index in [1.54, 1.807) is 48.5 Å². The van der Waals surface area contributed by atoms with E-state index in [0.717, 1.165) is 17.6 Å². The fourth-order valence-electron chi connectivity index (χ4n) is 4.17. The maximum absolute atomic E-state index is 13.8. The molecule has 12 nitrogen and oxygen atoms in total. The molecule has 39 heavy (non-hydrogen) atoms. The Kier molecular flexibility index (Phi) is 10.2. The van der Waals surface area contributed by atoms with Gasteiger partial charge >= 0.3 is 18.0 Å². The second-order valence-electron chi connectivity index (χ2n) is 8.79. The van der Waals surface area contributed by atoms with Crippen molar-refractivity contribution in [1.29, 1.82) is 0 Å². The van der Waals surface area contributed by atoms with Crippen LogP contribution in [-0.4, -0.2) is 90.7 Å². The number of alkyl carbamates (subject to hydrolysis) is 1. The molecule has 2 aromatic carbocycles. The van der Waals surface area contributed by atoms with E-state index in [4.69, 9.17) is 19.3 Å². The summed E-state index contributed by atoms with van der Waals surface area (Å²) in [5.41, 5.74) is 1.45. The molecule has 0 radical (unpaired) electrons. The highest BCUT2D eigenvalue weighted by Gasteiger charge is 2.42. The minimum absolute atomic E-state index is 0.0204. The van der Waals surface area contributed by atoms with Crippen LogP contribution < -0.4 is 10.1 Å². The van der Waals surface area contributed by atoms with Crippen LogP contribution >= 0.6 is 0 Å². The van der Waals surface area contributed by atoms with Gasteiger partial charge in [0.05, 0.1) is 20.6 Å². The summed E-state index contributed by atoms with van der Waals surface area (Å²) in [7, 11) is 2.67. The summed E-state index contributed by atoms with van der Waals surface area (Å²) in [6.07, 6.45) is -1.26. The molecule has 0 spiro atoms. The first-order valence-corrected chi connectivity index (χ1v) is 12.2. The van der Waals surface area contributed by atoms with Crippen LogP contribution in [0.3, 0.4) is 0 Å². The maximum Gasteiger partial charge on any atom is 0.408 e. The van der Waals surface area contributed by atoms with Crippen molar-refractivity contribution in [1.82, 2.24) is 15.1 Å². The largest absolute Gasteiger partial charge is 0.497 e. The van der Waals surface area contributed by atoms with Crippen molar-refractivity contribution >= 4 is 29.8 Å². The molecule has 1 aliphatic rings. The first-order valence-electron chi connectivity index (χ1n) is 12.2. The van der Waals surface area contributed by atoms with Crippen LogP contribution in [-0.2, 0) is 41.7 Å². The zero-order valence-electron chi connectivity index (χ0n) is 21.7. The number of ether oxygens (including phenoxy) is 3. The molecular weight excluding hydrogens is 510 g/mol. The number of carbonyl (C=O) groups is 5. The Balaban J connectivity index is 1.83. The molecule has 1 fully saturated rings. The van der Waals surface area contributed by atoms with Gasteiger partial charge in [0.15, 0.2) is 0 Å². The van der Waals surface area contributed by atoms with Gasteiger partial charge < -0.3 is 34.4 Å². The monoisotopic (exact) mass is 541 g/mol. The summed E-state index contributed by atoms with van der Waals surface area (Å²) in [6, 6.07) is 13.4. The number of aliphatic carboxylic acids is 1. The van der Waals surface area contributed by atoms with E-state index in [1.807, 2.05) is 6.07 Å². The van der Waals surface area contributed by atoms with E-state index in [9.17, 15) is 24.0 Å². The Bertz CT molecular complexity index is 1170. The van der Waals surface area contributed by atoms with Crippen LogP contribution in [0.15, 0.2) is 54.6 Å². The Morgan fingerprint density at radius 1 is 1.00 bits per heavy atom.